The fraction of sp³-hybridized carbons (Fsp3) is 0.150. The number of aromatic amines is 1. The number of rotatable bonds is 7. The van der Waals surface area contributed by atoms with Crippen molar-refractivity contribution in [1.29, 1.82) is 0 Å². The highest BCUT2D eigenvalue weighted by molar-refractivity contribution is 5.78. The molecule has 2 N–H and O–H groups in total. The Morgan fingerprint density at radius 3 is 2.70 bits per heavy atom. The molecule has 0 aliphatic heterocycles. The summed E-state index contributed by atoms with van der Waals surface area (Å²) >= 11 is 0. The summed E-state index contributed by atoms with van der Waals surface area (Å²) in [5, 5.41) is 2.93. The molecule has 0 aliphatic carbocycles. The minimum Gasteiger partial charge on any atom is -0.358 e. The van der Waals surface area contributed by atoms with Gasteiger partial charge in [-0.2, -0.15) is 0 Å². The van der Waals surface area contributed by atoms with Crippen molar-refractivity contribution in [2.45, 2.75) is 13.3 Å². The van der Waals surface area contributed by atoms with E-state index in [4.69, 9.17) is 0 Å². The maximum absolute atomic E-state index is 12.0. The van der Waals surface area contributed by atoms with E-state index in [1.807, 2.05) is 67.6 Å². The fourth-order valence-electron chi connectivity index (χ4n) is 2.21. The van der Waals surface area contributed by atoms with Gasteiger partial charge < -0.3 is 10.3 Å². The molecule has 0 bridgehead atoms. The average molecular weight is 306 g/mol. The number of benzene rings is 1. The predicted molar refractivity (Wildman–Crippen MR) is 96.0 cm³/mol. The van der Waals surface area contributed by atoms with Gasteiger partial charge in [0.1, 0.15) is 0 Å². The minimum atomic E-state index is -0.00202. The van der Waals surface area contributed by atoms with Crippen LogP contribution in [0.4, 0.5) is 0 Å². The first-order valence-electron chi connectivity index (χ1n) is 7.67. The van der Waals surface area contributed by atoms with Gasteiger partial charge >= 0.3 is 0 Å². The van der Waals surface area contributed by atoms with Gasteiger partial charge in [-0.05, 0) is 30.2 Å². The van der Waals surface area contributed by atoms with Crippen molar-refractivity contribution in [1.82, 2.24) is 10.3 Å². The van der Waals surface area contributed by atoms with E-state index >= 15 is 0 Å². The number of hydrogen-bond acceptors (Lipinski definition) is 1. The Labute approximate surface area is 137 Å². The van der Waals surface area contributed by atoms with E-state index in [-0.39, 0.29) is 5.91 Å². The molecule has 118 valence electrons. The van der Waals surface area contributed by atoms with Crippen molar-refractivity contribution in [2.75, 3.05) is 6.54 Å². The van der Waals surface area contributed by atoms with Gasteiger partial charge in [-0.1, -0.05) is 61.2 Å². The lowest BCUT2D eigenvalue weighted by Gasteiger charge is -2.05. The molecule has 0 aliphatic rings. The lowest BCUT2D eigenvalue weighted by Crippen LogP contribution is -2.26. The first-order chi connectivity index (χ1) is 11.2. The van der Waals surface area contributed by atoms with Crippen LogP contribution in [0.3, 0.4) is 0 Å². The monoisotopic (exact) mass is 306 g/mol. The molecule has 1 heterocycles. The summed E-state index contributed by atoms with van der Waals surface area (Å²) < 4.78 is 0. The van der Waals surface area contributed by atoms with E-state index in [0.717, 1.165) is 22.5 Å². The average Bonchev–Trinajstić information content (AvgIpc) is 3.04. The normalized spacial score (nSPS) is 11.6. The Morgan fingerprint density at radius 1 is 1.22 bits per heavy atom. The van der Waals surface area contributed by atoms with Crippen LogP contribution in [0.25, 0.3) is 11.3 Å². The maximum Gasteiger partial charge on any atom is 0.226 e. The van der Waals surface area contributed by atoms with Crippen molar-refractivity contribution in [3.8, 4) is 11.3 Å². The van der Waals surface area contributed by atoms with E-state index in [0.29, 0.717) is 13.0 Å². The van der Waals surface area contributed by atoms with Crippen molar-refractivity contribution in [3.63, 3.8) is 0 Å². The summed E-state index contributed by atoms with van der Waals surface area (Å²) in [5.74, 6) is -0.00202. The zero-order valence-electron chi connectivity index (χ0n) is 13.4. The number of carbonyl (C=O) groups excluding carboxylic acids is 1. The molecular formula is C20H22N2O. The quantitative estimate of drug-likeness (QED) is 0.745. The topological polar surface area (TPSA) is 44.9 Å². The highest BCUT2D eigenvalue weighted by Gasteiger charge is 2.06. The molecule has 0 spiro atoms. The van der Waals surface area contributed by atoms with Crippen LogP contribution in [-0.4, -0.2) is 17.4 Å². The number of allylic oxidation sites excluding steroid dienone is 3. The van der Waals surface area contributed by atoms with Gasteiger partial charge in [0.25, 0.3) is 0 Å². The number of H-pyrrole nitrogens is 1. The molecule has 3 nitrogen and oxygen atoms in total. The summed E-state index contributed by atoms with van der Waals surface area (Å²) in [6.07, 6.45) is 7.83. The summed E-state index contributed by atoms with van der Waals surface area (Å²) in [5.41, 5.74) is 4.10. The first kappa shape index (κ1) is 16.6. The van der Waals surface area contributed by atoms with Crippen LogP contribution in [0.15, 0.2) is 78.9 Å². The van der Waals surface area contributed by atoms with Gasteiger partial charge in [-0.15, -0.1) is 0 Å². The molecule has 1 aromatic carbocycles. The van der Waals surface area contributed by atoms with Gasteiger partial charge in [-0.3, -0.25) is 4.79 Å². The van der Waals surface area contributed by atoms with Crippen LogP contribution in [0.2, 0.25) is 0 Å². The predicted octanol–water partition coefficient (Wildman–Crippen LogP) is 4.03. The molecule has 1 amide bonds. The number of aromatic nitrogens is 1. The Hall–Kier alpha value is -2.81. The van der Waals surface area contributed by atoms with Crippen molar-refractivity contribution < 1.29 is 4.79 Å². The van der Waals surface area contributed by atoms with Gasteiger partial charge in [0.15, 0.2) is 0 Å². The molecule has 0 saturated heterocycles. The van der Waals surface area contributed by atoms with Crippen molar-refractivity contribution in [3.05, 3.63) is 84.6 Å². The standard InChI is InChI=1S/C20H22N2O/c1-3-5-9-16(4-2)15-21-20(23)14-18-12-13-19(22-18)17-10-7-6-8-11-17/h3-13,22H,1,14-15H2,2H3,(H,21,23)/b9-5-,16-4+. The van der Waals surface area contributed by atoms with E-state index in [2.05, 4.69) is 16.9 Å². The second-order valence-electron chi connectivity index (χ2n) is 5.18. The van der Waals surface area contributed by atoms with Crippen LogP contribution in [-0.2, 0) is 11.2 Å². The zero-order valence-corrected chi connectivity index (χ0v) is 13.4. The maximum atomic E-state index is 12.0. The summed E-state index contributed by atoms with van der Waals surface area (Å²) in [6, 6.07) is 14.0. The Bertz CT molecular complexity index is 708. The second kappa shape index (κ2) is 8.59. The third-order valence-electron chi connectivity index (χ3n) is 3.49. The van der Waals surface area contributed by atoms with E-state index < -0.39 is 0 Å². The molecule has 1 aromatic heterocycles. The zero-order chi connectivity index (χ0) is 16.5. The fourth-order valence-corrected chi connectivity index (χ4v) is 2.21. The Balaban J connectivity index is 1.90. The number of amides is 1. The lowest BCUT2D eigenvalue weighted by molar-refractivity contribution is -0.120. The molecule has 2 aromatic rings. The Kier molecular flexibility index (Phi) is 6.18. The second-order valence-corrected chi connectivity index (χ2v) is 5.18. The summed E-state index contributed by atoms with van der Waals surface area (Å²) in [6.45, 7) is 6.11. The third-order valence-corrected chi connectivity index (χ3v) is 3.49. The van der Waals surface area contributed by atoms with Crippen LogP contribution in [0.5, 0.6) is 0 Å². The molecule has 2 rings (SSSR count). The van der Waals surface area contributed by atoms with Gasteiger partial charge in [0.05, 0.1) is 6.42 Å². The number of hydrogen-bond donors (Lipinski definition) is 2. The first-order valence-corrected chi connectivity index (χ1v) is 7.67. The molecule has 3 heteroatoms. The summed E-state index contributed by atoms with van der Waals surface area (Å²) in [4.78, 5) is 15.3. The molecule has 0 saturated carbocycles. The highest BCUT2D eigenvalue weighted by atomic mass is 16.1. The molecule has 0 fully saturated rings. The van der Waals surface area contributed by atoms with Crippen LogP contribution in [0, 0.1) is 0 Å². The van der Waals surface area contributed by atoms with Gasteiger partial charge in [0, 0.05) is 17.9 Å². The molecule has 0 atom stereocenters. The van der Waals surface area contributed by atoms with Crippen molar-refractivity contribution >= 4 is 5.91 Å². The molecule has 0 unspecified atom stereocenters. The van der Waals surface area contributed by atoms with E-state index in [1.165, 1.54) is 0 Å². The van der Waals surface area contributed by atoms with Gasteiger partial charge in [-0.25, -0.2) is 0 Å². The van der Waals surface area contributed by atoms with Crippen molar-refractivity contribution in [2.24, 2.45) is 0 Å². The minimum absolute atomic E-state index is 0.00202. The number of carbonyl (C=O) groups is 1. The highest BCUT2D eigenvalue weighted by Crippen LogP contribution is 2.18. The van der Waals surface area contributed by atoms with Crippen LogP contribution >= 0.6 is 0 Å². The number of nitrogens with one attached hydrogen (secondary N) is 2. The molecular weight excluding hydrogens is 284 g/mol. The molecule has 23 heavy (non-hydrogen) atoms. The van der Waals surface area contributed by atoms with Crippen LogP contribution in [0.1, 0.15) is 12.6 Å². The largest absolute Gasteiger partial charge is 0.358 e. The van der Waals surface area contributed by atoms with Crippen LogP contribution < -0.4 is 5.32 Å². The third kappa shape index (κ3) is 5.15. The summed E-state index contributed by atoms with van der Waals surface area (Å²) in [7, 11) is 0. The van der Waals surface area contributed by atoms with Gasteiger partial charge in [0.2, 0.25) is 5.91 Å². The Morgan fingerprint density at radius 2 is 2.00 bits per heavy atom. The SMILES string of the molecule is C=C/C=C\C(=C/C)CNC(=O)Cc1ccc(-c2ccccc2)[nH]1. The lowest BCUT2D eigenvalue weighted by atomic mass is 10.2. The van der Waals surface area contributed by atoms with E-state index in [1.54, 1.807) is 6.08 Å². The molecule has 0 radical (unpaired) electrons. The van der Waals surface area contributed by atoms with E-state index in [9.17, 15) is 4.79 Å². The smallest absolute Gasteiger partial charge is 0.226 e.